The number of aromatic nitrogens is 1. The van der Waals surface area contributed by atoms with Crippen LogP contribution in [0, 0.1) is 0 Å². The number of likely N-dealkylation sites (N-methyl/N-ethyl adjacent to an activating group) is 1. The molecule has 1 fully saturated rings. The van der Waals surface area contributed by atoms with Crippen LogP contribution < -0.4 is 10.6 Å². The first-order chi connectivity index (χ1) is 8.63. The number of aryl methyl sites for hydroxylation is 1. The molecule has 1 aliphatic heterocycles. The van der Waals surface area contributed by atoms with Crippen molar-refractivity contribution in [3.8, 4) is 0 Å². The summed E-state index contributed by atoms with van der Waals surface area (Å²) < 4.78 is 0. The van der Waals surface area contributed by atoms with E-state index in [0.29, 0.717) is 12.6 Å². The van der Waals surface area contributed by atoms with Crippen molar-refractivity contribution >= 4 is 5.82 Å². The quantitative estimate of drug-likeness (QED) is 0.874. The molecule has 4 nitrogen and oxygen atoms in total. The average Bonchev–Trinajstić information content (AvgIpc) is 2.38. The van der Waals surface area contributed by atoms with Crippen LogP contribution in [-0.2, 0) is 13.0 Å². The number of nitrogens with zero attached hydrogens (tertiary/aromatic N) is 3. The Kier molecular flexibility index (Phi) is 4.19. The van der Waals surface area contributed by atoms with Crippen molar-refractivity contribution in [2.45, 2.75) is 32.9 Å². The van der Waals surface area contributed by atoms with Gasteiger partial charge in [-0.2, -0.15) is 0 Å². The molecule has 0 radical (unpaired) electrons. The fourth-order valence-electron chi connectivity index (χ4n) is 2.56. The Morgan fingerprint density at radius 1 is 1.39 bits per heavy atom. The zero-order valence-corrected chi connectivity index (χ0v) is 11.7. The molecule has 2 rings (SSSR count). The van der Waals surface area contributed by atoms with E-state index in [0.717, 1.165) is 37.6 Å². The Balaban J connectivity index is 2.26. The van der Waals surface area contributed by atoms with E-state index < -0.39 is 0 Å². The van der Waals surface area contributed by atoms with Crippen LogP contribution in [0.15, 0.2) is 12.1 Å². The van der Waals surface area contributed by atoms with Crippen LogP contribution in [0.1, 0.15) is 25.1 Å². The minimum atomic E-state index is 0.508. The second-order valence-electron chi connectivity index (χ2n) is 5.19. The van der Waals surface area contributed by atoms with E-state index in [2.05, 4.69) is 42.8 Å². The van der Waals surface area contributed by atoms with Gasteiger partial charge in [-0.3, -0.25) is 0 Å². The van der Waals surface area contributed by atoms with Gasteiger partial charge < -0.3 is 15.5 Å². The zero-order valence-electron chi connectivity index (χ0n) is 11.7. The van der Waals surface area contributed by atoms with E-state index in [-0.39, 0.29) is 0 Å². The smallest absolute Gasteiger partial charge is 0.129 e. The highest BCUT2D eigenvalue weighted by atomic mass is 15.3. The summed E-state index contributed by atoms with van der Waals surface area (Å²) in [5.74, 6) is 1.09. The summed E-state index contributed by atoms with van der Waals surface area (Å²) in [7, 11) is 2.18. The molecule has 1 atom stereocenters. The second-order valence-corrected chi connectivity index (χ2v) is 5.19. The lowest BCUT2D eigenvalue weighted by molar-refractivity contribution is 0.274. The highest BCUT2D eigenvalue weighted by Gasteiger charge is 2.22. The van der Waals surface area contributed by atoms with Gasteiger partial charge in [0.05, 0.1) is 0 Å². The van der Waals surface area contributed by atoms with Gasteiger partial charge in [-0.05, 0) is 38.1 Å². The predicted molar refractivity (Wildman–Crippen MR) is 75.8 cm³/mol. The van der Waals surface area contributed by atoms with Gasteiger partial charge >= 0.3 is 0 Å². The molecule has 18 heavy (non-hydrogen) atoms. The van der Waals surface area contributed by atoms with E-state index in [1.807, 2.05) is 0 Å². The molecular formula is C14H24N4. The third kappa shape index (κ3) is 2.82. The molecule has 1 saturated heterocycles. The fraction of sp³-hybridized carbons (Fsp3) is 0.643. The first-order valence-electron chi connectivity index (χ1n) is 6.79. The van der Waals surface area contributed by atoms with Crippen molar-refractivity contribution in [3.63, 3.8) is 0 Å². The summed E-state index contributed by atoms with van der Waals surface area (Å²) in [6, 6.07) is 4.76. The first kappa shape index (κ1) is 13.3. The summed E-state index contributed by atoms with van der Waals surface area (Å²) >= 11 is 0. The number of nitrogens with two attached hydrogens (primary N) is 1. The monoisotopic (exact) mass is 248 g/mol. The Labute approximate surface area is 110 Å². The van der Waals surface area contributed by atoms with Crippen molar-refractivity contribution in [2.24, 2.45) is 5.73 Å². The topological polar surface area (TPSA) is 45.4 Å². The first-order valence-corrected chi connectivity index (χ1v) is 6.79. The Hall–Kier alpha value is -1.13. The molecule has 0 bridgehead atoms. The molecule has 2 heterocycles. The number of pyridine rings is 1. The molecule has 1 aromatic rings. The summed E-state index contributed by atoms with van der Waals surface area (Å²) in [5.41, 5.74) is 8.10. The normalized spacial score (nSPS) is 21.3. The van der Waals surface area contributed by atoms with Gasteiger partial charge in [0.25, 0.3) is 0 Å². The van der Waals surface area contributed by atoms with Crippen LogP contribution in [0.3, 0.4) is 0 Å². The van der Waals surface area contributed by atoms with E-state index in [4.69, 9.17) is 10.7 Å². The molecule has 0 amide bonds. The molecule has 0 saturated carbocycles. The summed E-state index contributed by atoms with van der Waals surface area (Å²) in [5, 5.41) is 0. The van der Waals surface area contributed by atoms with E-state index in [9.17, 15) is 0 Å². The zero-order chi connectivity index (χ0) is 13.1. The van der Waals surface area contributed by atoms with Crippen LogP contribution in [-0.4, -0.2) is 42.6 Å². The molecule has 0 aliphatic carbocycles. The predicted octanol–water partition coefficient (Wildman–Crippen LogP) is 1.24. The number of rotatable bonds is 3. The molecule has 1 aromatic heterocycles. The molecule has 1 aliphatic rings. The number of piperazine rings is 1. The molecule has 2 N–H and O–H groups in total. The largest absolute Gasteiger partial charge is 0.351 e. The maximum Gasteiger partial charge on any atom is 0.129 e. The van der Waals surface area contributed by atoms with Crippen LogP contribution in [0.4, 0.5) is 5.82 Å². The molecule has 0 spiro atoms. The van der Waals surface area contributed by atoms with Gasteiger partial charge in [0, 0.05) is 37.9 Å². The highest BCUT2D eigenvalue weighted by Crippen LogP contribution is 2.20. The maximum atomic E-state index is 5.77. The van der Waals surface area contributed by atoms with Gasteiger partial charge in [0.15, 0.2) is 0 Å². The van der Waals surface area contributed by atoms with Crippen molar-refractivity contribution in [3.05, 3.63) is 23.4 Å². The van der Waals surface area contributed by atoms with Crippen molar-refractivity contribution in [1.29, 1.82) is 0 Å². The lowest BCUT2D eigenvalue weighted by Crippen LogP contribution is -2.50. The summed E-state index contributed by atoms with van der Waals surface area (Å²) in [6.07, 6.45) is 0.961. The van der Waals surface area contributed by atoms with Gasteiger partial charge in [-0.1, -0.05) is 6.92 Å². The van der Waals surface area contributed by atoms with Crippen LogP contribution >= 0.6 is 0 Å². The van der Waals surface area contributed by atoms with Crippen molar-refractivity contribution < 1.29 is 0 Å². The molecule has 0 aromatic carbocycles. The van der Waals surface area contributed by atoms with Gasteiger partial charge in [-0.25, -0.2) is 4.98 Å². The molecule has 1 unspecified atom stereocenters. The number of anilines is 1. The molecular weight excluding hydrogens is 224 g/mol. The van der Waals surface area contributed by atoms with E-state index in [1.54, 1.807) is 0 Å². The fourth-order valence-corrected chi connectivity index (χ4v) is 2.56. The van der Waals surface area contributed by atoms with Crippen LogP contribution in [0.25, 0.3) is 0 Å². The number of hydrogen-bond donors (Lipinski definition) is 1. The van der Waals surface area contributed by atoms with E-state index in [1.165, 1.54) is 5.56 Å². The Morgan fingerprint density at radius 3 is 2.78 bits per heavy atom. The van der Waals surface area contributed by atoms with Gasteiger partial charge in [-0.15, -0.1) is 0 Å². The lowest BCUT2D eigenvalue weighted by atomic mass is 10.1. The Morgan fingerprint density at radius 2 is 2.17 bits per heavy atom. The minimum Gasteiger partial charge on any atom is -0.351 e. The van der Waals surface area contributed by atoms with Crippen LogP contribution in [0.5, 0.6) is 0 Å². The van der Waals surface area contributed by atoms with Crippen LogP contribution in [0.2, 0.25) is 0 Å². The highest BCUT2D eigenvalue weighted by molar-refractivity contribution is 5.44. The van der Waals surface area contributed by atoms with Crippen molar-refractivity contribution in [2.75, 3.05) is 31.6 Å². The SMILES string of the molecule is CCc1cc(CN)cc(N2CCN(C)CC2C)n1. The number of hydrogen-bond acceptors (Lipinski definition) is 4. The standard InChI is InChI=1S/C14H24N4/c1-4-13-7-12(9-15)8-14(16-13)18-6-5-17(3)10-11(18)2/h7-8,11H,4-6,9-10,15H2,1-3H3. The van der Waals surface area contributed by atoms with E-state index >= 15 is 0 Å². The third-order valence-electron chi connectivity index (χ3n) is 3.65. The Bertz CT molecular complexity index is 383. The second kappa shape index (κ2) is 5.67. The van der Waals surface area contributed by atoms with Crippen molar-refractivity contribution in [1.82, 2.24) is 9.88 Å². The van der Waals surface area contributed by atoms with Gasteiger partial charge in [0.1, 0.15) is 5.82 Å². The minimum absolute atomic E-state index is 0.508. The molecule has 100 valence electrons. The maximum absolute atomic E-state index is 5.77. The average molecular weight is 248 g/mol. The molecule has 4 heteroatoms. The third-order valence-corrected chi connectivity index (χ3v) is 3.65. The lowest BCUT2D eigenvalue weighted by Gasteiger charge is -2.39. The van der Waals surface area contributed by atoms with Gasteiger partial charge in [0.2, 0.25) is 0 Å². The summed E-state index contributed by atoms with van der Waals surface area (Å²) in [4.78, 5) is 9.52. The summed E-state index contributed by atoms with van der Waals surface area (Å²) in [6.45, 7) is 8.22.